The lowest BCUT2D eigenvalue weighted by atomic mass is 10.1. The molecular weight excluding hydrogens is 212 g/mol. The summed E-state index contributed by atoms with van der Waals surface area (Å²) in [5.74, 6) is 0.943. The molecule has 3 rings (SSSR count). The van der Waals surface area contributed by atoms with Crippen LogP contribution in [0.15, 0.2) is 18.2 Å². The van der Waals surface area contributed by atoms with E-state index in [-0.39, 0.29) is 0 Å². The highest BCUT2D eigenvalue weighted by Gasteiger charge is 2.26. The topological polar surface area (TPSA) is 26.2 Å². The maximum Gasteiger partial charge on any atom is 0.119 e. The zero-order chi connectivity index (χ0) is 12.0. The molecule has 0 aliphatic heterocycles. The van der Waals surface area contributed by atoms with Gasteiger partial charge in [0.15, 0.2) is 0 Å². The van der Waals surface area contributed by atoms with Crippen LogP contribution in [0.25, 0.3) is 10.9 Å². The van der Waals surface area contributed by atoms with Gasteiger partial charge in [-0.05, 0) is 37.2 Å². The van der Waals surface area contributed by atoms with E-state index in [0.29, 0.717) is 6.04 Å². The number of aryl methyl sites for hydroxylation is 1. The van der Waals surface area contributed by atoms with Crippen molar-refractivity contribution in [3.63, 3.8) is 0 Å². The Kier molecular flexibility index (Phi) is 2.37. The third kappa shape index (κ3) is 1.46. The number of nitrogens with zero attached hydrogens (tertiary/aromatic N) is 1. The minimum atomic E-state index is 0.585. The third-order valence-corrected chi connectivity index (χ3v) is 3.94. The second-order valence-corrected chi connectivity index (χ2v) is 4.76. The lowest BCUT2D eigenvalue weighted by molar-refractivity contribution is 0.415. The van der Waals surface area contributed by atoms with Crippen molar-refractivity contribution >= 4 is 10.9 Å². The molecule has 1 N–H and O–H groups in total. The molecule has 1 heterocycles. The Morgan fingerprint density at radius 1 is 1.35 bits per heavy atom. The first-order valence-corrected chi connectivity index (χ1v) is 6.06. The van der Waals surface area contributed by atoms with Crippen LogP contribution in [-0.2, 0) is 19.9 Å². The van der Waals surface area contributed by atoms with Crippen LogP contribution in [0.2, 0.25) is 0 Å². The van der Waals surface area contributed by atoms with Gasteiger partial charge in [0.05, 0.1) is 7.11 Å². The molecule has 3 nitrogen and oxygen atoms in total. The fourth-order valence-electron chi connectivity index (χ4n) is 2.92. The monoisotopic (exact) mass is 230 g/mol. The van der Waals surface area contributed by atoms with E-state index in [1.807, 2.05) is 13.1 Å². The molecule has 0 fully saturated rings. The number of aromatic nitrogens is 1. The van der Waals surface area contributed by atoms with Crippen molar-refractivity contribution < 1.29 is 4.74 Å². The zero-order valence-electron chi connectivity index (χ0n) is 10.6. The Morgan fingerprint density at radius 2 is 2.18 bits per heavy atom. The molecule has 3 heteroatoms. The number of hydrogen-bond donors (Lipinski definition) is 1. The smallest absolute Gasteiger partial charge is 0.119 e. The minimum absolute atomic E-state index is 0.585. The van der Waals surface area contributed by atoms with E-state index in [4.69, 9.17) is 4.74 Å². The fraction of sp³-hybridized carbons (Fsp3) is 0.429. The molecule has 1 aromatic heterocycles. The molecule has 1 aliphatic carbocycles. The molecule has 90 valence electrons. The average Bonchev–Trinajstić information content (AvgIpc) is 2.89. The summed E-state index contributed by atoms with van der Waals surface area (Å²) in [7, 11) is 5.92. The second-order valence-electron chi connectivity index (χ2n) is 4.76. The van der Waals surface area contributed by atoms with Gasteiger partial charge in [0, 0.05) is 36.1 Å². The summed E-state index contributed by atoms with van der Waals surface area (Å²) in [6.07, 6.45) is 2.25. The molecule has 1 aromatic carbocycles. The van der Waals surface area contributed by atoms with Gasteiger partial charge in [-0.1, -0.05) is 0 Å². The quantitative estimate of drug-likeness (QED) is 0.852. The predicted molar refractivity (Wildman–Crippen MR) is 69.7 cm³/mol. The maximum atomic E-state index is 5.32. The van der Waals surface area contributed by atoms with Crippen LogP contribution >= 0.6 is 0 Å². The number of methoxy groups -OCH3 is 1. The van der Waals surface area contributed by atoms with Crippen LogP contribution in [0.3, 0.4) is 0 Å². The van der Waals surface area contributed by atoms with Crippen molar-refractivity contribution in [2.75, 3.05) is 14.2 Å². The summed E-state index contributed by atoms with van der Waals surface area (Å²) in [5, 5.41) is 4.72. The van der Waals surface area contributed by atoms with Gasteiger partial charge < -0.3 is 14.6 Å². The number of likely N-dealkylation sites (N-methyl/N-ethyl adjacent to an activating group) is 1. The van der Waals surface area contributed by atoms with Gasteiger partial charge in [0.25, 0.3) is 0 Å². The molecule has 0 saturated carbocycles. The highest BCUT2D eigenvalue weighted by molar-refractivity contribution is 5.87. The van der Waals surface area contributed by atoms with Crippen LogP contribution in [-0.4, -0.2) is 24.8 Å². The number of rotatable bonds is 2. The summed E-state index contributed by atoms with van der Waals surface area (Å²) in [4.78, 5) is 0. The van der Waals surface area contributed by atoms with Crippen LogP contribution in [0.1, 0.15) is 11.3 Å². The molecule has 1 aliphatic rings. The molecule has 0 bridgehead atoms. The Bertz CT molecular complexity index is 571. The van der Waals surface area contributed by atoms with Crippen LogP contribution in [0.4, 0.5) is 0 Å². The highest BCUT2D eigenvalue weighted by Crippen LogP contribution is 2.34. The molecule has 1 unspecified atom stereocenters. The Morgan fingerprint density at radius 3 is 2.88 bits per heavy atom. The normalized spacial score (nSPS) is 18.6. The molecule has 1 atom stereocenters. The van der Waals surface area contributed by atoms with Crippen molar-refractivity contribution in [3.8, 4) is 5.75 Å². The molecule has 0 amide bonds. The van der Waals surface area contributed by atoms with Gasteiger partial charge >= 0.3 is 0 Å². The van der Waals surface area contributed by atoms with Crippen LogP contribution in [0.5, 0.6) is 5.75 Å². The van der Waals surface area contributed by atoms with E-state index >= 15 is 0 Å². The first-order chi connectivity index (χ1) is 8.24. The average molecular weight is 230 g/mol. The standard InChI is InChI=1S/C14H18N2O/c1-15-9-6-11-12-8-10(17-3)4-5-13(12)16(2)14(11)7-9/h4-5,8-9,15H,6-7H2,1-3H3. The van der Waals surface area contributed by atoms with E-state index in [9.17, 15) is 0 Å². The fourth-order valence-corrected chi connectivity index (χ4v) is 2.92. The third-order valence-electron chi connectivity index (χ3n) is 3.94. The summed E-state index contributed by atoms with van der Waals surface area (Å²) in [6.45, 7) is 0. The first-order valence-electron chi connectivity index (χ1n) is 6.06. The van der Waals surface area contributed by atoms with Gasteiger partial charge in [-0.15, -0.1) is 0 Å². The largest absolute Gasteiger partial charge is 0.497 e. The first kappa shape index (κ1) is 10.7. The van der Waals surface area contributed by atoms with Crippen LogP contribution < -0.4 is 10.1 Å². The number of benzene rings is 1. The summed E-state index contributed by atoms with van der Waals surface area (Å²) >= 11 is 0. The van der Waals surface area contributed by atoms with Crippen molar-refractivity contribution in [2.45, 2.75) is 18.9 Å². The molecule has 17 heavy (non-hydrogen) atoms. The molecule has 0 saturated heterocycles. The molecular formula is C14H18N2O. The second kappa shape index (κ2) is 3.77. The van der Waals surface area contributed by atoms with E-state index < -0.39 is 0 Å². The van der Waals surface area contributed by atoms with Gasteiger partial charge in [0.1, 0.15) is 5.75 Å². The number of nitrogens with one attached hydrogen (secondary N) is 1. The molecule has 2 aromatic rings. The maximum absolute atomic E-state index is 5.32. The Labute approximate surface area is 101 Å². The lowest BCUT2D eigenvalue weighted by Crippen LogP contribution is -2.25. The van der Waals surface area contributed by atoms with Gasteiger partial charge in [0.2, 0.25) is 0 Å². The molecule has 0 spiro atoms. The van der Waals surface area contributed by atoms with E-state index in [2.05, 4.69) is 29.1 Å². The zero-order valence-corrected chi connectivity index (χ0v) is 10.6. The Hall–Kier alpha value is -1.48. The number of hydrogen-bond acceptors (Lipinski definition) is 2. The highest BCUT2D eigenvalue weighted by atomic mass is 16.5. The van der Waals surface area contributed by atoms with Crippen molar-refractivity contribution in [2.24, 2.45) is 7.05 Å². The van der Waals surface area contributed by atoms with Gasteiger partial charge in [-0.3, -0.25) is 0 Å². The number of fused-ring (bicyclic) bond motifs is 3. The lowest BCUT2D eigenvalue weighted by Gasteiger charge is -2.09. The van der Waals surface area contributed by atoms with E-state index in [0.717, 1.165) is 18.6 Å². The predicted octanol–water partition coefficient (Wildman–Crippen LogP) is 1.87. The van der Waals surface area contributed by atoms with Crippen LogP contribution in [0, 0.1) is 0 Å². The summed E-state index contributed by atoms with van der Waals surface area (Å²) in [5.41, 5.74) is 4.26. The minimum Gasteiger partial charge on any atom is -0.497 e. The van der Waals surface area contributed by atoms with Crippen molar-refractivity contribution in [1.29, 1.82) is 0 Å². The van der Waals surface area contributed by atoms with Gasteiger partial charge in [-0.2, -0.15) is 0 Å². The summed E-state index contributed by atoms with van der Waals surface area (Å²) in [6, 6.07) is 6.93. The SMILES string of the molecule is CNC1Cc2c(n(C)c3ccc(OC)cc23)C1. The van der Waals surface area contributed by atoms with Gasteiger partial charge in [-0.25, -0.2) is 0 Å². The molecule has 0 radical (unpaired) electrons. The van der Waals surface area contributed by atoms with Crippen molar-refractivity contribution in [1.82, 2.24) is 9.88 Å². The van der Waals surface area contributed by atoms with E-state index in [1.54, 1.807) is 7.11 Å². The summed E-state index contributed by atoms with van der Waals surface area (Å²) < 4.78 is 7.64. The Balaban J connectivity index is 2.20. The number of ether oxygens (including phenoxy) is 1. The van der Waals surface area contributed by atoms with Crippen molar-refractivity contribution in [3.05, 3.63) is 29.5 Å². The van der Waals surface area contributed by atoms with E-state index in [1.165, 1.54) is 22.2 Å².